The maximum Gasteiger partial charge on any atom is 0.417 e. The van der Waals surface area contributed by atoms with Crippen LogP contribution in [0.5, 0.6) is 0 Å². The third-order valence-corrected chi connectivity index (χ3v) is 7.84. The molecule has 0 aliphatic carbocycles. The first kappa shape index (κ1) is 30.2. The molecule has 2 aromatic carbocycles. The summed E-state index contributed by atoms with van der Waals surface area (Å²) < 4.78 is 121. The standard InChI is InChI=1S/C28H29F9N2O/c1-24(2,3)17-7-8-21-20(15-17)25(9-12-38(13-10-25)14-11-26(29,30)31)16-39(21)23(40)22-18(27(32,33)34)5-4-6-19(22)28(35,36)37/h4-8,15H,9-14,16H2,1-3H3. The molecule has 40 heavy (non-hydrogen) atoms. The molecule has 0 atom stereocenters. The van der Waals surface area contributed by atoms with Crippen molar-refractivity contribution in [3.8, 4) is 0 Å². The van der Waals surface area contributed by atoms with Gasteiger partial charge in [0.15, 0.2) is 0 Å². The summed E-state index contributed by atoms with van der Waals surface area (Å²) in [6.45, 7) is 5.90. The van der Waals surface area contributed by atoms with Crippen LogP contribution in [0.4, 0.5) is 45.2 Å². The summed E-state index contributed by atoms with van der Waals surface area (Å²) in [7, 11) is 0. The van der Waals surface area contributed by atoms with Gasteiger partial charge < -0.3 is 9.80 Å². The maximum atomic E-state index is 13.9. The molecular formula is C28H29F9N2O. The Balaban J connectivity index is 1.78. The summed E-state index contributed by atoms with van der Waals surface area (Å²) in [6.07, 6.45) is -15.2. The first-order valence-corrected chi connectivity index (χ1v) is 12.8. The van der Waals surface area contributed by atoms with Gasteiger partial charge in [-0.3, -0.25) is 4.79 Å². The second-order valence-corrected chi connectivity index (χ2v) is 11.6. The molecule has 4 rings (SSSR count). The molecule has 1 saturated heterocycles. The van der Waals surface area contributed by atoms with Gasteiger partial charge in [-0.25, -0.2) is 0 Å². The Labute approximate surface area is 225 Å². The first-order valence-electron chi connectivity index (χ1n) is 12.8. The fourth-order valence-corrected chi connectivity index (χ4v) is 5.62. The van der Waals surface area contributed by atoms with Crippen LogP contribution in [0.3, 0.4) is 0 Å². The molecule has 12 heteroatoms. The summed E-state index contributed by atoms with van der Waals surface area (Å²) in [4.78, 5) is 16.3. The monoisotopic (exact) mass is 580 g/mol. The van der Waals surface area contributed by atoms with Crippen LogP contribution in [0.2, 0.25) is 0 Å². The first-order chi connectivity index (χ1) is 18.2. The number of hydrogen-bond acceptors (Lipinski definition) is 2. The molecule has 0 bridgehead atoms. The van der Waals surface area contributed by atoms with E-state index in [1.54, 1.807) is 17.0 Å². The normalized spacial score (nSPS) is 18.4. The third-order valence-electron chi connectivity index (χ3n) is 7.84. The number of carbonyl (C=O) groups is 1. The van der Waals surface area contributed by atoms with E-state index >= 15 is 0 Å². The van der Waals surface area contributed by atoms with Gasteiger partial charge in [-0.2, -0.15) is 39.5 Å². The summed E-state index contributed by atoms with van der Waals surface area (Å²) in [5.41, 5.74) is -4.32. The Bertz CT molecular complexity index is 1230. The smallest absolute Gasteiger partial charge is 0.307 e. The van der Waals surface area contributed by atoms with Crippen LogP contribution < -0.4 is 4.90 Å². The van der Waals surface area contributed by atoms with Gasteiger partial charge in [-0.1, -0.05) is 39.0 Å². The molecule has 2 aliphatic heterocycles. The molecule has 0 unspecified atom stereocenters. The molecule has 0 N–H and O–H groups in total. The minimum absolute atomic E-state index is 0.175. The minimum Gasteiger partial charge on any atom is -0.307 e. The third kappa shape index (κ3) is 5.96. The number of nitrogens with zero attached hydrogens (tertiary/aromatic N) is 2. The van der Waals surface area contributed by atoms with E-state index in [2.05, 4.69) is 0 Å². The molecule has 0 radical (unpaired) electrons. The number of alkyl halides is 9. The van der Waals surface area contributed by atoms with Crippen molar-refractivity contribution in [3.63, 3.8) is 0 Å². The van der Waals surface area contributed by atoms with Gasteiger partial charge >= 0.3 is 18.5 Å². The van der Waals surface area contributed by atoms with Crippen molar-refractivity contribution >= 4 is 11.6 Å². The number of amides is 1. The summed E-state index contributed by atoms with van der Waals surface area (Å²) in [5.74, 6) is -1.42. The number of piperidine rings is 1. The predicted octanol–water partition coefficient (Wildman–Crippen LogP) is 7.97. The van der Waals surface area contributed by atoms with E-state index in [-0.39, 0.29) is 37.3 Å². The lowest BCUT2D eigenvalue weighted by molar-refractivity contribution is -0.143. The topological polar surface area (TPSA) is 23.6 Å². The Morgan fingerprint density at radius 3 is 1.88 bits per heavy atom. The lowest BCUT2D eigenvalue weighted by Crippen LogP contribution is -2.47. The zero-order chi connectivity index (χ0) is 29.9. The molecule has 1 spiro atoms. The average molecular weight is 581 g/mol. The zero-order valence-corrected chi connectivity index (χ0v) is 22.1. The molecular weight excluding hydrogens is 551 g/mol. The molecule has 0 aromatic heterocycles. The van der Waals surface area contributed by atoms with E-state index < -0.39 is 53.0 Å². The summed E-state index contributed by atoms with van der Waals surface area (Å²) in [6, 6.07) is 6.59. The Morgan fingerprint density at radius 1 is 0.850 bits per heavy atom. The van der Waals surface area contributed by atoms with Crippen molar-refractivity contribution in [2.75, 3.05) is 31.1 Å². The Hall–Kier alpha value is -2.76. The van der Waals surface area contributed by atoms with Gasteiger partial charge in [0.1, 0.15) is 0 Å². The highest BCUT2D eigenvalue weighted by Gasteiger charge is 2.50. The van der Waals surface area contributed by atoms with Crippen molar-refractivity contribution in [1.82, 2.24) is 4.90 Å². The van der Waals surface area contributed by atoms with E-state index in [0.29, 0.717) is 36.6 Å². The maximum absolute atomic E-state index is 13.9. The average Bonchev–Trinajstić information content (AvgIpc) is 3.14. The number of benzene rings is 2. The van der Waals surface area contributed by atoms with E-state index in [9.17, 15) is 44.3 Å². The van der Waals surface area contributed by atoms with Crippen molar-refractivity contribution in [3.05, 3.63) is 64.2 Å². The van der Waals surface area contributed by atoms with Gasteiger partial charge in [0.2, 0.25) is 0 Å². The van der Waals surface area contributed by atoms with Crippen LogP contribution in [0, 0.1) is 0 Å². The highest BCUT2D eigenvalue weighted by Crippen LogP contribution is 2.50. The van der Waals surface area contributed by atoms with Gasteiger partial charge in [0, 0.05) is 24.2 Å². The zero-order valence-electron chi connectivity index (χ0n) is 22.1. The summed E-state index contributed by atoms with van der Waals surface area (Å²) in [5, 5.41) is 0. The molecule has 2 aromatic rings. The number of hydrogen-bond donors (Lipinski definition) is 0. The Morgan fingerprint density at radius 2 is 1.40 bits per heavy atom. The molecule has 220 valence electrons. The van der Waals surface area contributed by atoms with Crippen molar-refractivity contribution in [2.45, 2.75) is 69.4 Å². The fourth-order valence-electron chi connectivity index (χ4n) is 5.62. The second kappa shape index (κ2) is 9.95. The molecule has 2 aliphatic rings. The van der Waals surface area contributed by atoms with Crippen LogP contribution >= 0.6 is 0 Å². The van der Waals surface area contributed by atoms with Gasteiger partial charge in [-0.05, 0) is 60.7 Å². The highest BCUT2D eigenvalue weighted by atomic mass is 19.4. The number of carbonyl (C=O) groups excluding carboxylic acids is 1. The number of rotatable bonds is 3. The van der Waals surface area contributed by atoms with Crippen LogP contribution in [0.25, 0.3) is 0 Å². The molecule has 3 nitrogen and oxygen atoms in total. The molecule has 1 fully saturated rings. The van der Waals surface area contributed by atoms with Crippen molar-refractivity contribution in [1.29, 1.82) is 0 Å². The number of halogens is 9. The van der Waals surface area contributed by atoms with E-state index in [1.165, 1.54) is 0 Å². The van der Waals surface area contributed by atoms with E-state index in [1.807, 2.05) is 26.8 Å². The molecule has 0 saturated carbocycles. The SMILES string of the molecule is CC(C)(C)c1ccc2c(c1)C1(CCN(CCC(F)(F)F)CC1)CN2C(=O)c1c(C(F)(F)F)cccc1C(F)(F)F. The fraction of sp³-hybridized carbons (Fsp3) is 0.536. The van der Waals surface area contributed by atoms with Crippen LogP contribution in [0.1, 0.15) is 72.6 Å². The quantitative estimate of drug-likeness (QED) is 0.344. The summed E-state index contributed by atoms with van der Waals surface area (Å²) >= 11 is 0. The van der Waals surface area contributed by atoms with Gasteiger partial charge in [0.25, 0.3) is 5.91 Å². The van der Waals surface area contributed by atoms with E-state index in [4.69, 9.17) is 0 Å². The predicted molar refractivity (Wildman–Crippen MR) is 131 cm³/mol. The van der Waals surface area contributed by atoms with E-state index in [0.717, 1.165) is 10.5 Å². The highest BCUT2D eigenvalue weighted by molar-refractivity contribution is 6.10. The lowest BCUT2D eigenvalue weighted by atomic mass is 9.72. The number of anilines is 1. The lowest BCUT2D eigenvalue weighted by Gasteiger charge is -2.40. The number of likely N-dealkylation sites (tertiary alicyclic amines) is 1. The van der Waals surface area contributed by atoms with Gasteiger partial charge in [-0.15, -0.1) is 0 Å². The largest absolute Gasteiger partial charge is 0.417 e. The molecule has 1 amide bonds. The van der Waals surface area contributed by atoms with Crippen molar-refractivity contribution < 1.29 is 44.3 Å². The van der Waals surface area contributed by atoms with Crippen LogP contribution in [-0.2, 0) is 23.2 Å². The van der Waals surface area contributed by atoms with Crippen molar-refractivity contribution in [2.24, 2.45) is 0 Å². The minimum atomic E-state index is -5.22. The van der Waals surface area contributed by atoms with Gasteiger partial charge in [0.05, 0.1) is 23.1 Å². The second-order valence-electron chi connectivity index (χ2n) is 11.6. The van der Waals surface area contributed by atoms with Crippen LogP contribution in [-0.4, -0.2) is 43.2 Å². The number of fused-ring (bicyclic) bond motifs is 2. The Kier molecular flexibility index (Phi) is 7.52. The van der Waals surface area contributed by atoms with Crippen LogP contribution in [0.15, 0.2) is 36.4 Å². The molecule has 2 heterocycles.